The molecule has 0 aliphatic rings. The van der Waals surface area contributed by atoms with Gasteiger partial charge in [0.2, 0.25) is 0 Å². The molecule has 0 radical (unpaired) electrons. The van der Waals surface area contributed by atoms with E-state index < -0.39 is 32.5 Å². The predicted octanol–water partition coefficient (Wildman–Crippen LogP) is 14.6. The second-order valence-electron chi connectivity index (χ2n) is 16.1. The minimum atomic E-state index is -4.75. The molecule has 2 N–H and O–H groups in total. The van der Waals surface area contributed by atoms with Gasteiger partial charge in [0.15, 0.2) is 6.10 Å². The number of rotatable bonds is 44. The van der Waals surface area contributed by atoms with E-state index in [4.69, 9.17) is 19.3 Å². The summed E-state index contributed by atoms with van der Waals surface area (Å²) in [7, 11) is -4.75. The highest BCUT2D eigenvalue weighted by Crippen LogP contribution is 2.36. The highest BCUT2D eigenvalue weighted by Gasteiger charge is 2.23. The maximum absolute atomic E-state index is 12.4. The van der Waals surface area contributed by atoms with Crippen LogP contribution in [0.1, 0.15) is 251 Å². The van der Waals surface area contributed by atoms with Crippen LogP contribution in [0.15, 0.2) is 12.2 Å². The van der Waals surface area contributed by atoms with Crippen LogP contribution in [0.25, 0.3) is 0 Å². The molecule has 0 aromatic heterocycles. The largest absolute Gasteiger partial charge is 0.469 e. The lowest BCUT2D eigenvalue weighted by Crippen LogP contribution is -2.29. The minimum Gasteiger partial charge on any atom is -0.462 e. The van der Waals surface area contributed by atoms with Crippen molar-refractivity contribution in [3.63, 3.8) is 0 Å². The van der Waals surface area contributed by atoms with Gasteiger partial charge in [-0.1, -0.05) is 212 Å². The fraction of sp³-hybridized carbons (Fsp3) is 0.913. The topological polar surface area (TPSA) is 119 Å². The van der Waals surface area contributed by atoms with Crippen LogP contribution in [-0.4, -0.2) is 41.0 Å². The molecule has 0 aliphatic carbocycles. The second-order valence-corrected chi connectivity index (χ2v) is 17.3. The number of hydrogen-bond donors (Lipinski definition) is 2. The molecule has 0 aromatic rings. The standard InChI is InChI=1S/C46H89O8P/c1-3-5-7-9-11-13-15-17-19-20-21-22-23-24-25-26-27-29-30-32-34-36-38-40-45(47)52-42-44(43-53-55(49,50)51)54-46(48)41-39-37-35-33-31-28-18-16-14-12-10-8-6-4-2/h16,18,44H,3-15,17,19-43H2,1-2H3,(H2,49,50,51)/b18-16+/t44-/m1/s1. The first-order chi connectivity index (χ1) is 26.8. The van der Waals surface area contributed by atoms with E-state index in [0.717, 1.165) is 51.4 Å². The van der Waals surface area contributed by atoms with Gasteiger partial charge in [0.25, 0.3) is 0 Å². The number of unbranched alkanes of at least 4 members (excludes halogenated alkanes) is 32. The molecule has 0 saturated heterocycles. The Hall–Kier alpha value is -1.21. The van der Waals surface area contributed by atoms with E-state index in [9.17, 15) is 14.2 Å². The third-order valence-corrected chi connectivity index (χ3v) is 11.0. The monoisotopic (exact) mass is 801 g/mol. The van der Waals surface area contributed by atoms with Crippen LogP contribution in [0.5, 0.6) is 0 Å². The number of phosphoric acid groups is 1. The van der Waals surface area contributed by atoms with Gasteiger partial charge < -0.3 is 19.3 Å². The normalized spacial score (nSPS) is 12.4. The Morgan fingerprint density at radius 2 is 0.764 bits per heavy atom. The van der Waals surface area contributed by atoms with E-state index >= 15 is 0 Å². The Labute approximate surface area is 339 Å². The molecule has 0 aromatic carbocycles. The highest BCUT2D eigenvalue weighted by molar-refractivity contribution is 7.46. The Bertz CT molecular complexity index is 904. The van der Waals surface area contributed by atoms with Crippen LogP contribution in [0.4, 0.5) is 0 Å². The molecule has 1 atom stereocenters. The van der Waals surface area contributed by atoms with Crippen LogP contribution in [0.3, 0.4) is 0 Å². The summed E-state index contributed by atoms with van der Waals surface area (Å²) in [6, 6.07) is 0. The number of carbonyl (C=O) groups is 2. The van der Waals surface area contributed by atoms with E-state index in [0.29, 0.717) is 6.42 Å². The highest BCUT2D eigenvalue weighted by atomic mass is 31.2. The number of carbonyl (C=O) groups excluding carboxylic acids is 2. The van der Waals surface area contributed by atoms with Crippen molar-refractivity contribution in [2.24, 2.45) is 0 Å². The summed E-state index contributed by atoms with van der Waals surface area (Å²) in [6.07, 6.45) is 48.0. The molecule has 326 valence electrons. The Morgan fingerprint density at radius 1 is 0.455 bits per heavy atom. The summed E-state index contributed by atoms with van der Waals surface area (Å²) in [6.45, 7) is 3.71. The number of esters is 2. The zero-order chi connectivity index (χ0) is 40.3. The molecule has 8 nitrogen and oxygen atoms in total. The molecular weight excluding hydrogens is 711 g/mol. The summed E-state index contributed by atoms with van der Waals surface area (Å²) in [5.74, 6) is -0.880. The molecule has 0 bridgehead atoms. The molecule has 0 heterocycles. The van der Waals surface area contributed by atoms with Gasteiger partial charge in [-0.3, -0.25) is 14.1 Å². The molecular formula is C46H89O8P. The average molecular weight is 801 g/mol. The smallest absolute Gasteiger partial charge is 0.462 e. The van der Waals surface area contributed by atoms with Crippen LogP contribution >= 0.6 is 7.82 Å². The quantitative estimate of drug-likeness (QED) is 0.0271. The minimum absolute atomic E-state index is 0.206. The van der Waals surface area contributed by atoms with Crippen LogP contribution in [0, 0.1) is 0 Å². The lowest BCUT2D eigenvalue weighted by Gasteiger charge is -2.18. The maximum Gasteiger partial charge on any atom is 0.469 e. The molecule has 55 heavy (non-hydrogen) atoms. The third-order valence-electron chi connectivity index (χ3n) is 10.5. The van der Waals surface area contributed by atoms with Gasteiger partial charge >= 0.3 is 19.8 Å². The maximum atomic E-state index is 12.4. The molecule has 0 fully saturated rings. The van der Waals surface area contributed by atoms with Crippen molar-refractivity contribution >= 4 is 19.8 Å². The first-order valence-electron chi connectivity index (χ1n) is 23.5. The summed E-state index contributed by atoms with van der Waals surface area (Å²) in [4.78, 5) is 42.9. The summed E-state index contributed by atoms with van der Waals surface area (Å²) in [5.41, 5.74) is 0. The predicted molar refractivity (Wildman–Crippen MR) is 230 cm³/mol. The molecule has 9 heteroatoms. The van der Waals surface area contributed by atoms with Gasteiger partial charge in [0.1, 0.15) is 6.61 Å². The van der Waals surface area contributed by atoms with Crippen LogP contribution in [0.2, 0.25) is 0 Å². The van der Waals surface area contributed by atoms with Gasteiger partial charge in [0.05, 0.1) is 6.61 Å². The molecule has 0 rings (SSSR count). The van der Waals surface area contributed by atoms with Crippen molar-refractivity contribution in [1.82, 2.24) is 0 Å². The molecule has 0 saturated carbocycles. The van der Waals surface area contributed by atoms with E-state index in [-0.39, 0.29) is 19.4 Å². The van der Waals surface area contributed by atoms with Crippen molar-refractivity contribution in [2.75, 3.05) is 13.2 Å². The van der Waals surface area contributed by atoms with Crippen LogP contribution < -0.4 is 0 Å². The van der Waals surface area contributed by atoms with Gasteiger partial charge in [-0.15, -0.1) is 0 Å². The Kier molecular flexibility index (Phi) is 41.5. The third kappa shape index (κ3) is 45.4. The lowest BCUT2D eigenvalue weighted by molar-refractivity contribution is -0.161. The van der Waals surface area contributed by atoms with Crippen molar-refractivity contribution in [3.05, 3.63) is 12.2 Å². The van der Waals surface area contributed by atoms with Crippen LogP contribution in [-0.2, 0) is 28.2 Å². The number of ether oxygens (including phenoxy) is 2. The average Bonchev–Trinajstić information content (AvgIpc) is 3.16. The lowest BCUT2D eigenvalue weighted by atomic mass is 10.0. The van der Waals surface area contributed by atoms with Gasteiger partial charge in [-0.2, -0.15) is 0 Å². The van der Waals surface area contributed by atoms with E-state index in [2.05, 4.69) is 30.5 Å². The fourth-order valence-corrected chi connectivity index (χ4v) is 7.38. The van der Waals surface area contributed by atoms with E-state index in [1.807, 2.05) is 0 Å². The van der Waals surface area contributed by atoms with E-state index in [1.54, 1.807) is 0 Å². The molecule has 0 spiro atoms. The molecule has 0 amide bonds. The summed E-state index contributed by atoms with van der Waals surface area (Å²) >= 11 is 0. The van der Waals surface area contributed by atoms with Crippen molar-refractivity contribution < 1.29 is 37.9 Å². The SMILES string of the molecule is CCCCCCC/C=C/CCCCCCCC(=O)O[C@H](COC(=O)CCCCCCCCCCCCCCCCCCCCCCCCC)COP(=O)(O)O. The van der Waals surface area contributed by atoms with E-state index in [1.165, 1.54) is 167 Å². The number of phosphoric ester groups is 1. The first kappa shape index (κ1) is 53.8. The summed E-state index contributed by atoms with van der Waals surface area (Å²) in [5, 5.41) is 0. The van der Waals surface area contributed by atoms with Gasteiger partial charge in [0, 0.05) is 12.8 Å². The summed E-state index contributed by atoms with van der Waals surface area (Å²) < 4.78 is 26.4. The Morgan fingerprint density at radius 3 is 1.11 bits per heavy atom. The van der Waals surface area contributed by atoms with Crippen molar-refractivity contribution in [2.45, 2.75) is 258 Å². The first-order valence-corrected chi connectivity index (χ1v) is 25.0. The zero-order valence-electron chi connectivity index (χ0n) is 36.1. The zero-order valence-corrected chi connectivity index (χ0v) is 37.0. The second kappa shape index (κ2) is 42.4. The Balaban J connectivity index is 3.78. The van der Waals surface area contributed by atoms with Gasteiger partial charge in [-0.25, -0.2) is 4.57 Å². The molecule has 0 unspecified atom stereocenters. The van der Waals surface area contributed by atoms with Crippen molar-refractivity contribution in [1.29, 1.82) is 0 Å². The van der Waals surface area contributed by atoms with Gasteiger partial charge in [-0.05, 0) is 38.5 Å². The molecule has 0 aliphatic heterocycles. The fourth-order valence-electron chi connectivity index (χ4n) is 7.02. The number of allylic oxidation sites excluding steroid dienone is 2. The number of hydrogen-bond acceptors (Lipinski definition) is 6. The van der Waals surface area contributed by atoms with Crippen molar-refractivity contribution in [3.8, 4) is 0 Å².